The third-order valence-electron chi connectivity index (χ3n) is 3.04. The van der Waals surface area contributed by atoms with Crippen molar-refractivity contribution in [3.63, 3.8) is 0 Å². The van der Waals surface area contributed by atoms with Crippen LogP contribution in [0, 0.1) is 5.82 Å². The topological polar surface area (TPSA) is 12.4 Å². The van der Waals surface area contributed by atoms with Gasteiger partial charge in [0.05, 0.1) is 5.69 Å². The van der Waals surface area contributed by atoms with Gasteiger partial charge in [0.25, 0.3) is 0 Å². The Morgan fingerprint density at radius 1 is 0.812 bits per heavy atom. The van der Waals surface area contributed by atoms with E-state index in [1.165, 1.54) is 49.9 Å². The van der Waals surface area contributed by atoms with Crippen molar-refractivity contribution in [2.24, 2.45) is 4.99 Å². The van der Waals surface area contributed by atoms with Crippen molar-refractivity contribution in [3.8, 4) is 0 Å². The van der Waals surface area contributed by atoms with Gasteiger partial charge in [0.2, 0.25) is 0 Å². The molecule has 0 bridgehead atoms. The first-order chi connectivity index (χ1) is 7.84. The van der Waals surface area contributed by atoms with E-state index in [0.29, 0.717) is 0 Å². The van der Waals surface area contributed by atoms with Crippen LogP contribution in [-0.2, 0) is 0 Å². The van der Waals surface area contributed by atoms with Gasteiger partial charge in [-0.15, -0.1) is 0 Å². The first kappa shape index (κ1) is 11.3. The van der Waals surface area contributed by atoms with Crippen LogP contribution in [0.15, 0.2) is 29.3 Å². The predicted octanol–water partition coefficient (Wildman–Crippen LogP) is 4.64. The summed E-state index contributed by atoms with van der Waals surface area (Å²) >= 11 is 0. The molecule has 1 aromatic carbocycles. The minimum absolute atomic E-state index is 0.193. The lowest BCUT2D eigenvalue weighted by atomic mass is 9.99. The number of halogens is 1. The highest BCUT2D eigenvalue weighted by atomic mass is 19.1. The second-order valence-corrected chi connectivity index (χ2v) is 4.42. The first-order valence-electron chi connectivity index (χ1n) is 6.16. The van der Waals surface area contributed by atoms with Crippen LogP contribution < -0.4 is 0 Å². The number of hydrogen-bond acceptors (Lipinski definition) is 1. The molecular formula is C14H18FN. The molecule has 1 aromatic rings. The van der Waals surface area contributed by atoms with E-state index in [0.717, 1.165) is 18.5 Å². The molecule has 0 radical (unpaired) electrons. The van der Waals surface area contributed by atoms with Crippen LogP contribution in [0.25, 0.3) is 0 Å². The first-order valence-corrected chi connectivity index (χ1v) is 6.16. The molecule has 0 atom stereocenters. The van der Waals surface area contributed by atoms with E-state index < -0.39 is 0 Å². The van der Waals surface area contributed by atoms with Gasteiger partial charge in [0.15, 0.2) is 0 Å². The van der Waals surface area contributed by atoms with E-state index in [1.54, 1.807) is 12.1 Å². The summed E-state index contributed by atoms with van der Waals surface area (Å²) in [5, 5.41) is 0. The van der Waals surface area contributed by atoms with Gasteiger partial charge in [0.1, 0.15) is 5.82 Å². The highest BCUT2D eigenvalue weighted by Crippen LogP contribution is 2.19. The van der Waals surface area contributed by atoms with Crippen LogP contribution in [0.4, 0.5) is 10.1 Å². The van der Waals surface area contributed by atoms with Gasteiger partial charge < -0.3 is 0 Å². The van der Waals surface area contributed by atoms with Crippen molar-refractivity contribution in [2.45, 2.75) is 44.9 Å². The van der Waals surface area contributed by atoms with Crippen LogP contribution in [-0.4, -0.2) is 5.71 Å². The molecule has 1 aliphatic carbocycles. The van der Waals surface area contributed by atoms with E-state index in [2.05, 4.69) is 4.99 Å². The van der Waals surface area contributed by atoms with Gasteiger partial charge in [-0.05, 0) is 49.9 Å². The van der Waals surface area contributed by atoms with Crippen molar-refractivity contribution >= 4 is 11.4 Å². The van der Waals surface area contributed by atoms with Crippen LogP contribution in [0.5, 0.6) is 0 Å². The van der Waals surface area contributed by atoms with Gasteiger partial charge >= 0.3 is 0 Å². The summed E-state index contributed by atoms with van der Waals surface area (Å²) in [7, 11) is 0. The Morgan fingerprint density at radius 2 is 1.38 bits per heavy atom. The maximum atomic E-state index is 12.7. The standard InChI is InChI=1S/C14H18FN/c15-12-8-10-14(11-9-12)16-13-6-4-2-1-3-5-7-13/h8-11H,1-7H2. The Morgan fingerprint density at radius 3 is 2.00 bits per heavy atom. The molecule has 1 nitrogen and oxygen atoms in total. The number of nitrogens with zero attached hydrogens (tertiary/aromatic N) is 1. The van der Waals surface area contributed by atoms with Crippen molar-refractivity contribution in [1.29, 1.82) is 0 Å². The number of aliphatic imine (C=N–C) groups is 1. The molecule has 0 aromatic heterocycles. The summed E-state index contributed by atoms with van der Waals surface area (Å²) in [6, 6.07) is 6.45. The van der Waals surface area contributed by atoms with Gasteiger partial charge in [-0.3, -0.25) is 4.99 Å². The monoisotopic (exact) mass is 219 g/mol. The molecule has 86 valence electrons. The molecule has 2 rings (SSSR count). The fraction of sp³-hybridized carbons (Fsp3) is 0.500. The van der Waals surface area contributed by atoms with Crippen LogP contribution in [0.2, 0.25) is 0 Å². The smallest absolute Gasteiger partial charge is 0.123 e. The largest absolute Gasteiger partial charge is 0.258 e. The van der Waals surface area contributed by atoms with E-state index in [9.17, 15) is 4.39 Å². The molecule has 0 amide bonds. The predicted molar refractivity (Wildman–Crippen MR) is 65.8 cm³/mol. The Bertz CT molecular complexity index is 344. The van der Waals surface area contributed by atoms with Gasteiger partial charge in [-0.1, -0.05) is 19.3 Å². The van der Waals surface area contributed by atoms with E-state index in [-0.39, 0.29) is 5.82 Å². The molecule has 0 saturated heterocycles. The summed E-state index contributed by atoms with van der Waals surface area (Å²) in [6.45, 7) is 0. The summed E-state index contributed by atoms with van der Waals surface area (Å²) < 4.78 is 12.7. The van der Waals surface area contributed by atoms with Crippen molar-refractivity contribution in [2.75, 3.05) is 0 Å². The van der Waals surface area contributed by atoms with Crippen LogP contribution >= 0.6 is 0 Å². The number of benzene rings is 1. The minimum atomic E-state index is -0.193. The number of rotatable bonds is 1. The molecule has 2 heteroatoms. The highest BCUT2D eigenvalue weighted by Gasteiger charge is 2.04. The molecule has 0 aliphatic heterocycles. The van der Waals surface area contributed by atoms with E-state index >= 15 is 0 Å². The zero-order valence-electron chi connectivity index (χ0n) is 9.58. The zero-order valence-corrected chi connectivity index (χ0v) is 9.58. The highest BCUT2D eigenvalue weighted by molar-refractivity contribution is 5.86. The number of hydrogen-bond donors (Lipinski definition) is 0. The van der Waals surface area contributed by atoms with Gasteiger partial charge in [-0.25, -0.2) is 4.39 Å². The molecule has 1 fully saturated rings. The van der Waals surface area contributed by atoms with Crippen molar-refractivity contribution in [1.82, 2.24) is 0 Å². The lowest BCUT2D eigenvalue weighted by Crippen LogP contribution is -2.01. The van der Waals surface area contributed by atoms with Crippen molar-refractivity contribution < 1.29 is 4.39 Å². The van der Waals surface area contributed by atoms with Crippen LogP contribution in [0.1, 0.15) is 44.9 Å². The summed E-state index contributed by atoms with van der Waals surface area (Å²) in [6.07, 6.45) is 8.73. The molecule has 0 heterocycles. The van der Waals surface area contributed by atoms with Gasteiger partial charge in [0, 0.05) is 5.71 Å². The van der Waals surface area contributed by atoms with E-state index in [1.807, 2.05) is 0 Å². The summed E-state index contributed by atoms with van der Waals surface area (Å²) in [4.78, 5) is 4.61. The third kappa shape index (κ3) is 3.44. The van der Waals surface area contributed by atoms with Crippen LogP contribution in [0.3, 0.4) is 0 Å². The normalized spacial score (nSPS) is 17.7. The molecule has 0 unspecified atom stereocenters. The Labute approximate surface area is 96.4 Å². The second kappa shape index (κ2) is 5.78. The molecule has 0 N–H and O–H groups in total. The maximum Gasteiger partial charge on any atom is 0.123 e. The Hall–Kier alpha value is -1.18. The average molecular weight is 219 g/mol. The average Bonchev–Trinajstić information content (AvgIpc) is 2.25. The summed E-state index contributed by atoms with van der Waals surface area (Å²) in [5.41, 5.74) is 2.17. The molecule has 1 aliphatic rings. The molecule has 1 saturated carbocycles. The van der Waals surface area contributed by atoms with Gasteiger partial charge in [-0.2, -0.15) is 0 Å². The lowest BCUT2D eigenvalue weighted by Gasteiger charge is -2.10. The quantitative estimate of drug-likeness (QED) is 0.652. The summed E-state index contributed by atoms with van der Waals surface area (Å²) in [5.74, 6) is -0.193. The molecule has 16 heavy (non-hydrogen) atoms. The SMILES string of the molecule is Fc1ccc(N=C2CCCCCCC2)cc1. The fourth-order valence-electron chi connectivity index (χ4n) is 2.12. The van der Waals surface area contributed by atoms with Crippen molar-refractivity contribution in [3.05, 3.63) is 30.1 Å². The van der Waals surface area contributed by atoms with E-state index in [4.69, 9.17) is 0 Å². The molecular weight excluding hydrogens is 201 g/mol. The molecule has 0 spiro atoms. The lowest BCUT2D eigenvalue weighted by molar-refractivity contribution is 0.606. The second-order valence-electron chi connectivity index (χ2n) is 4.42. The minimum Gasteiger partial charge on any atom is -0.258 e. The zero-order chi connectivity index (χ0) is 11.2. The Kier molecular flexibility index (Phi) is 4.09. The third-order valence-corrected chi connectivity index (χ3v) is 3.04. The maximum absolute atomic E-state index is 12.7. The Balaban J connectivity index is 2.05. The fourth-order valence-corrected chi connectivity index (χ4v) is 2.12.